The van der Waals surface area contributed by atoms with Gasteiger partial charge in [-0.15, -0.1) is 0 Å². The number of nitrogen functional groups attached to an aromatic ring is 1. The fraction of sp³-hybridized carbons (Fsp3) is 0.406. The summed E-state index contributed by atoms with van der Waals surface area (Å²) < 4.78 is 29.0. The number of hydrogen-bond acceptors (Lipinski definition) is 6. The maximum absolute atomic E-state index is 13.6. The first-order valence-corrected chi connectivity index (χ1v) is 18.9. The second-order valence-corrected chi connectivity index (χ2v) is 18.6. The summed E-state index contributed by atoms with van der Waals surface area (Å²) in [5.41, 5.74) is 9.76. The molecule has 12 heteroatoms. The SMILES string of the molecule is COc1cc(-c2nccn2COCC[Si](C)(C)C)ccc1C1CCC(c2nn(C)c(N)c2C(=O)Nc2ccc(F)c(Cl)c2)C1. The molecular formula is C32H40ClFN6O3Si. The Labute approximate surface area is 263 Å². The minimum atomic E-state index is -1.16. The van der Waals surface area contributed by atoms with Gasteiger partial charge in [0.1, 0.15) is 35.5 Å². The van der Waals surface area contributed by atoms with Gasteiger partial charge in [-0.2, -0.15) is 5.10 Å². The second kappa shape index (κ2) is 13.1. The maximum atomic E-state index is 13.6. The number of nitrogens with zero attached hydrogens (tertiary/aromatic N) is 4. The van der Waals surface area contributed by atoms with Crippen LogP contribution in [0.15, 0.2) is 48.8 Å². The predicted octanol–water partition coefficient (Wildman–Crippen LogP) is 7.28. The maximum Gasteiger partial charge on any atom is 0.261 e. The topological polar surface area (TPSA) is 109 Å². The van der Waals surface area contributed by atoms with E-state index in [0.29, 0.717) is 23.7 Å². The van der Waals surface area contributed by atoms with Gasteiger partial charge in [-0.3, -0.25) is 9.48 Å². The molecule has 9 nitrogen and oxygen atoms in total. The highest BCUT2D eigenvalue weighted by Crippen LogP contribution is 2.47. The van der Waals surface area contributed by atoms with Crippen molar-refractivity contribution < 1.29 is 18.7 Å². The molecule has 1 aliphatic rings. The molecule has 0 radical (unpaired) electrons. The molecular weight excluding hydrogens is 599 g/mol. The highest BCUT2D eigenvalue weighted by molar-refractivity contribution is 6.76. The molecule has 0 aliphatic heterocycles. The lowest BCUT2D eigenvalue weighted by atomic mass is 9.92. The summed E-state index contributed by atoms with van der Waals surface area (Å²) >= 11 is 5.91. The number of ether oxygens (including phenoxy) is 2. The van der Waals surface area contributed by atoms with E-state index < -0.39 is 19.8 Å². The molecule has 4 aromatic rings. The van der Waals surface area contributed by atoms with E-state index in [0.717, 1.165) is 54.6 Å². The first-order valence-electron chi connectivity index (χ1n) is 14.8. The lowest BCUT2D eigenvalue weighted by Crippen LogP contribution is -2.22. The van der Waals surface area contributed by atoms with E-state index >= 15 is 0 Å². The van der Waals surface area contributed by atoms with Crippen LogP contribution in [0, 0.1) is 5.82 Å². The zero-order chi connectivity index (χ0) is 31.6. The monoisotopic (exact) mass is 638 g/mol. The molecule has 2 heterocycles. The highest BCUT2D eigenvalue weighted by Gasteiger charge is 2.35. The van der Waals surface area contributed by atoms with Crippen LogP contribution < -0.4 is 15.8 Å². The number of anilines is 2. The molecule has 234 valence electrons. The van der Waals surface area contributed by atoms with Crippen LogP contribution in [-0.2, 0) is 18.5 Å². The number of rotatable bonds is 11. The standard InChI is InChI=1S/C32H40ClFN6O3Si/c1-39-30(35)28(32(41)37-23-9-11-26(34)25(33)18-23)29(38-39)21-7-6-20(16-21)24-10-8-22(17-27(24)42-2)31-36-12-13-40(31)19-43-14-15-44(3,4)5/h8-13,17-18,20-21H,6-7,14-16,19,35H2,1-5H3,(H,37,41). The Hall–Kier alpha value is -3.67. The lowest BCUT2D eigenvalue weighted by molar-refractivity contribution is 0.0883. The van der Waals surface area contributed by atoms with Crippen LogP contribution in [0.1, 0.15) is 52.7 Å². The van der Waals surface area contributed by atoms with Crippen molar-refractivity contribution in [3.8, 4) is 17.1 Å². The molecule has 1 fully saturated rings. The number of carbonyl (C=O) groups is 1. The summed E-state index contributed by atoms with van der Waals surface area (Å²) in [4.78, 5) is 18.0. The van der Waals surface area contributed by atoms with Gasteiger partial charge in [0.15, 0.2) is 0 Å². The van der Waals surface area contributed by atoms with Gasteiger partial charge < -0.3 is 25.1 Å². The first kappa shape index (κ1) is 31.7. The molecule has 44 heavy (non-hydrogen) atoms. The normalized spacial score (nSPS) is 16.8. The number of nitrogens with one attached hydrogen (secondary N) is 1. The number of aromatic nitrogens is 4. The zero-order valence-corrected chi connectivity index (χ0v) is 27.6. The molecule has 0 spiro atoms. The molecule has 2 unspecified atom stereocenters. The Morgan fingerprint density at radius 3 is 2.68 bits per heavy atom. The van der Waals surface area contributed by atoms with Crippen LogP contribution in [-0.4, -0.2) is 47.0 Å². The van der Waals surface area contributed by atoms with E-state index in [1.54, 1.807) is 20.4 Å². The molecule has 1 aliphatic carbocycles. The van der Waals surface area contributed by atoms with Crippen molar-refractivity contribution in [2.24, 2.45) is 7.05 Å². The molecule has 3 N–H and O–H groups in total. The minimum Gasteiger partial charge on any atom is -0.496 e. The summed E-state index contributed by atoms with van der Waals surface area (Å²) in [5.74, 6) is 1.18. The van der Waals surface area contributed by atoms with Gasteiger partial charge in [0.25, 0.3) is 5.91 Å². The molecule has 5 rings (SSSR count). The van der Waals surface area contributed by atoms with Gasteiger partial charge >= 0.3 is 0 Å². The number of hydrogen-bond donors (Lipinski definition) is 2. The predicted molar refractivity (Wildman–Crippen MR) is 175 cm³/mol. The van der Waals surface area contributed by atoms with Gasteiger partial charge in [-0.1, -0.05) is 43.4 Å². The van der Waals surface area contributed by atoms with E-state index in [1.807, 2.05) is 16.8 Å². The molecule has 0 bridgehead atoms. The summed E-state index contributed by atoms with van der Waals surface area (Å²) in [5, 5.41) is 7.37. The van der Waals surface area contributed by atoms with E-state index in [-0.39, 0.29) is 22.7 Å². The van der Waals surface area contributed by atoms with E-state index in [1.165, 1.54) is 22.9 Å². The Morgan fingerprint density at radius 1 is 1.18 bits per heavy atom. The molecule has 1 amide bonds. The summed E-state index contributed by atoms with van der Waals surface area (Å²) in [6.07, 6.45) is 6.26. The van der Waals surface area contributed by atoms with Gasteiger partial charge in [-0.05, 0) is 61.1 Å². The Morgan fingerprint density at radius 2 is 1.95 bits per heavy atom. The Balaban J connectivity index is 1.31. The van der Waals surface area contributed by atoms with Crippen LogP contribution in [0.25, 0.3) is 11.4 Å². The largest absolute Gasteiger partial charge is 0.496 e. The number of imidazole rings is 1. The van der Waals surface area contributed by atoms with Crippen molar-refractivity contribution in [1.82, 2.24) is 19.3 Å². The van der Waals surface area contributed by atoms with Crippen molar-refractivity contribution in [2.45, 2.75) is 63.5 Å². The third-order valence-corrected chi connectivity index (χ3v) is 10.2. The van der Waals surface area contributed by atoms with E-state index in [4.69, 9.17) is 26.8 Å². The van der Waals surface area contributed by atoms with Crippen molar-refractivity contribution in [2.75, 3.05) is 24.8 Å². The third-order valence-electron chi connectivity index (χ3n) is 8.22. The van der Waals surface area contributed by atoms with Crippen LogP contribution in [0.5, 0.6) is 5.75 Å². The highest BCUT2D eigenvalue weighted by atomic mass is 35.5. The third kappa shape index (κ3) is 7.00. The average molecular weight is 639 g/mol. The Bertz CT molecular complexity index is 1650. The second-order valence-electron chi connectivity index (χ2n) is 12.6. The van der Waals surface area contributed by atoms with Gasteiger partial charge in [0.2, 0.25) is 0 Å². The number of amides is 1. The van der Waals surface area contributed by atoms with E-state index in [2.05, 4.69) is 47.2 Å². The lowest BCUT2D eigenvalue weighted by Gasteiger charge is -2.18. The molecule has 2 aromatic carbocycles. The minimum absolute atomic E-state index is 0.0256. The van der Waals surface area contributed by atoms with Crippen molar-refractivity contribution in [1.29, 1.82) is 0 Å². The average Bonchev–Trinajstić information content (AvgIpc) is 3.72. The van der Waals surface area contributed by atoms with Crippen LogP contribution in [0.2, 0.25) is 30.7 Å². The number of halogens is 2. The number of methoxy groups -OCH3 is 1. The molecule has 2 atom stereocenters. The van der Waals surface area contributed by atoms with Crippen molar-refractivity contribution in [3.63, 3.8) is 0 Å². The van der Waals surface area contributed by atoms with Crippen molar-refractivity contribution >= 4 is 37.1 Å². The number of benzene rings is 2. The molecule has 0 saturated heterocycles. The van der Waals surface area contributed by atoms with Crippen LogP contribution in [0.3, 0.4) is 0 Å². The van der Waals surface area contributed by atoms with Crippen LogP contribution >= 0.6 is 11.6 Å². The number of nitrogens with two attached hydrogens (primary N) is 1. The number of aryl methyl sites for hydroxylation is 1. The molecule has 1 saturated carbocycles. The summed E-state index contributed by atoms with van der Waals surface area (Å²) in [6, 6.07) is 11.4. The molecule has 2 aromatic heterocycles. The van der Waals surface area contributed by atoms with Gasteiger partial charge in [0, 0.05) is 51.3 Å². The first-order chi connectivity index (χ1) is 20.9. The quantitative estimate of drug-likeness (QED) is 0.132. The Kier molecular flexibility index (Phi) is 9.47. The van der Waals surface area contributed by atoms with Gasteiger partial charge in [0.05, 0.1) is 17.8 Å². The van der Waals surface area contributed by atoms with Crippen LogP contribution in [0.4, 0.5) is 15.9 Å². The summed E-state index contributed by atoms with van der Waals surface area (Å²) in [6.45, 7) is 8.21. The number of carbonyl (C=O) groups excluding carboxylic acids is 1. The fourth-order valence-electron chi connectivity index (χ4n) is 5.76. The zero-order valence-electron chi connectivity index (χ0n) is 25.9. The van der Waals surface area contributed by atoms with Gasteiger partial charge in [-0.25, -0.2) is 9.37 Å². The smallest absolute Gasteiger partial charge is 0.261 e. The summed E-state index contributed by atoms with van der Waals surface area (Å²) in [7, 11) is 2.25. The van der Waals surface area contributed by atoms with E-state index in [9.17, 15) is 9.18 Å². The van der Waals surface area contributed by atoms with Crippen molar-refractivity contribution in [3.05, 3.63) is 76.5 Å². The fourth-order valence-corrected chi connectivity index (χ4v) is 6.70.